The maximum Gasteiger partial charge on any atom is 0.353 e. The second-order valence-electron chi connectivity index (χ2n) is 5.52. The summed E-state index contributed by atoms with van der Waals surface area (Å²) in [4.78, 5) is 20.7. The van der Waals surface area contributed by atoms with Crippen molar-refractivity contribution in [2.24, 2.45) is 15.1 Å². The van der Waals surface area contributed by atoms with Crippen LogP contribution in [0.2, 0.25) is 5.02 Å². The number of halogens is 1. The van der Waals surface area contributed by atoms with E-state index in [1.165, 1.54) is 7.11 Å². The zero-order chi connectivity index (χ0) is 18.5. The van der Waals surface area contributed by atoms with Gasteiger partial charge in [0.25, 0.3) is 0 Å². The summed E-state index contributed by atoms with van der Waals surface area (Å²) in [5, 5.41) is 4.64. The highest BCUT2D eigenvalue weighted by atomic mass is 35.5. The SMILES string of the molecule is COC(=O)/C(C)=N\NC1=Nc2ccccc2C(c2ccccc2Cl)=NC1. The molecule has 0 radical (unpaired) electrons. The highest BCUT2D eigenvalue weighted by Crippen LogP contribution is 2.27. The molecule has 1 aliphatic heterocycles. The Morgan fingerprint density at radius 3 is 2.58 bits per heavy atom. The number of aliphatic imine (C=N–C) groups is 2. The van der Waals surface area contributed by atoms with E-state index in [0.717, 1.165) is 22.5 Å². The van der Waals surface area contributed by atoms with Crippen LogP contribution in [-0.2, 0) is 9.53 Å². The van der Waals surface area contributed by atoms with E-state index in [4.69, 9.17) is 11.6 Å². The summed E-state index contributed by atoms with van der Waals surface area (Å²) in [7, 11) is 1.31. The largest absolute Gasteiger partial charge is 0.464 e. The molecule has 1 aliphatic rings. The Hall–Kier alpha value is -2.99. The fraction of sp³-hybridized carbons (Fsp3) is 0.158. The minimum atomic E-state index is -0.507. The van der Waals surface area contributed by atoms with E-state index in [2.05, 4.69) is 25.2 Å². The lowest BCUT2D eigenvalue weighted by Crippen LogP contribution is -2.24. The van der Waals surface area contributed by atoms with E-state index in [-0.39, 0.29) is 12.3 Å². The number of hydrogen-bond donors (Lipinski definition) is 1. The van der Waals surface area contributed by atoms with Crippen LogP contribution in [0.1, 0.15) is 18.1 Å². The van der Waals surface area contributed by atoms with Crippen LogP contribution in [0.25, 0.3) is 0 Å². The van der Waals surface area contributed by atoms with Crippen LogP contribution in [0.4, 0.5) is 5.69 Å². The van der Waals surface area contributed by atoms with Gasteiger partial charge in [0, 0.05) is 16.1 Å². The van der Waals surface area contributed by atoms with Gasteiger partial charge in [-0.1, -0.05) is 48.0 Å². The molecule has 3 rings (SSSR count). The predicted octanol–water partition coefficient (Wildman–Crippen LogP) is 3.36. The van der Waals surface area contributed by atoms with Gasteiger partial charge in [0.05, 0.1) is 25.1 Å². The number of ether oxygens (including phenoxy) is 1. The number of hydrazone groups is 1. The number of fused-ring (bicyclic) bond motifs is 1. The minimum Gasteiger partial charge on any atom is -0.464 e. The van der Waals surface area contributed by atoms with Gasteiger partial charge in [0.2, 0.25) is 0 Å². The molecule has 0 saturated heterocycles. The molecule has 0 unspecified atom stereocenters. The molecule has 0 saturated carbocycles. The van der Waals surface area contributed by atoms with Crippen molar-refractivity contribution in [1.82, 2.24) is 5.43 Å². The first-order chi connectivity index (χ1) is 12.6. The molecule has 0 amide bonds. The maximum absolute atomic E-state index is 11.5. The lowest BCUT2D eigenvalue weighted by Gasteiger charge is -2.09. The number of esters is 1. The van der Waals surface area contributed by atoms with Gasteiger partial charge >= 0.3 is 5.97 Å². The van der Waals surface area contributed by atoms with Crippen molar-refractivity contribution in [3.05, 3.63) is 64.7 Å². The number of carbonyl (C=O) groups is 1. The lowest BCUT2D eigenvalue weighted by molar-refractivity contribution is -0.132. The van der Waals surface area contributed by atoms with Crippen molar-refractivity contribution < 1.29 is 9.53 Å². The molecule has 2 aromatic carbocycles. The second-order valence-corrected chi connectivity index (χ2v) is 5.93. The maximum atomic E-state index is 11.5. The first kappa shape index (κ1) is 17.8. The van der Waals surface area contributed by atoms with E-state index in [0.29, 0.717) is 10.9 Å². The zero-order valence-corrected chi connectivity index (χ0v) is 15.1. The molecule has 1 N–H and O–H groups in total. The molecular weight excluding hydrogens is 352 g/mol. The molecule has 7 heteroatoms. The lowest BCUT2D eigenvalue weighted by atomic mass is 10.0. The average Bonchev–Trinajstić information content (AvgIpc) is 2.85. The molecule has 0 spiro atoms. The number of carbonyl (C=O) groups excluding carboxylic acids is 1. The van der Waals surface area contributed by atoms with Gasteiger partial charge in [0.1, 0.15) is 11.5 Å². The van der Waals surface area contributed by atoms with Crippen LogP contribution in [-0.4, -0.2) is 36.9 Å². The van der Waals surface area contributed by atoms with Crippen LogP contribution in [0.5, 0.6) is 0 Å². The first-order valence-corrected chi connectivity index (χ1v) is 8.33. The monoisotopic (exact) mass is 368 g/mol. The molecule has 6 nitrogen and oxygen atoms in total. The van der Waals surface area contributed by atoms with Crippen LogP contribution >= 0.6 is 11.6 Å². The summed E-state index contributed by atoms with van der Waals surface area (Å²) < 4.78 is 4.63. The third-order valence-electron chi connectivity index (χ3n) is 3.76. The average molecular weight is 369 g/mol. The third kappa shape index (κ3) is 3.81. The highest BCUT2D eigenvalue weighted by Gasteiger charge is 2.17. The summed E-state index contributed by atoms with van der Waals surface area (Å²) in [5.74, 6) is 0.00939. The van der Waals surface area contributed by atoms with Crippen molar-refractivity contribution in [1.29, 1.82) is 0 Å². The van der Waals surface area contributed by atoms with Crippen molar-refractivity contribution >= 4 is 40.5 Å². The third-order valence-corrected chi connectivity index (χ3v) is 4.09. The zero-order valence-electron chi connectivity index (χ0n) is 14.4. The molecule has 2 aromatic rings. The summed E-state index contributed by atoms with van der Waals surface area (Å²) in [6.07, 6.45) is 0. The Labute approximate surface area is 156 Å². The fourth-order valence-corrected chi connectivity index (χ4v) is 2.70. The van der Waals surface area contributed by atoms with Crippen molar-refractivity contribution in [3.8, 4) is 0 Å². The highest BCUT2D eigenvalue weighted by molar-refractivity contribution is 6.36. The minimum absolute atomic E-state index is 0.197. The molecule has 0 atom stereocenters. The van der Waals surface area contributed by atoms with E-state index < -0.39 is 5.97 Å². The van der Waals surface area contributed by atoms with Crippen LogP contribution in [0, 0.1) is 0 Å². The molecule has 0 fully saturated rings. The smallest absolute Gasteiger partial charge is 0.353 e. The summed E-state index contributed by atoms with van der Waals surface area (Å²) >= 11 is 6.36. The van der Waals surface area contributed by atoms with Gasteiger partial charge in [-0.15, -0.1) is 0 Å². The van der Waals surface area contributed by atoms with Gasteiger partial charge in [-0.3, -0.25) is 10.4 Å². The normalized spacial score (nSPS) is 13.9. The molecule has 0 bridgehead atoms. The van der Waals surface area contributed by atoms with E-state index in [1.807, 2.05) is 48.5 Å². The number of amidine groups is 1. The quantitative estimate of drug-likeness (QED) is 0.512. The fourth-order valence-electron chi connectivity index (χ4n) is 2.48. The standard InChI is InChI=1S/C19H17ClN4O2/c1-12(19(25)26-2)23-24-17-11-21-18(13-7-3-5-9-15(13)20)14-8-4-6-10-16(14)22-17/h3-10H,11H2,1-2H3,(H,22,24)/b23-12-. The number of benzene rings is 2. The number of hydrogen-bond acceptors (Lipinski definition) is 6. The summed E-state index contributed by atoms with van der Waals surface area (Å²) in [5.41, 5.74) is 6.23. The van der Waals surface area contributed by atoms with E-state index in [1.54, 1.807) is 6.92 Å². The van der Waals surface area contributed by atoms with Crippen LogP contribution in [0.3, 0.4) is 0 Å². The molecule has 0 aromatic heterocycles. The van der Waals surface area contributed by atoms with E-state index in [9.17, 15) is 4.79 Å². The summed E-state index contributed by atoms with van der Waals surface area (Å²) in [6, 6.07) is 15.2. The predicted molar refractivity (Wildman–Crippen MR) is 104 cm³/mol. The van der Waals surface area contributed by atoms with Crippen molar-refractivity contribution in [3.63, 3.8) is 0 Å². The second kappa shape index (κ2) is 7.93. The van der Waals surface area contributed by atoms with Crippen molar-refractivity contribution in [2.75, 3.05) is 13.7 Å². The van der Waals surface area contributed by atoms with Crippen LogP contribution < -0.4 is 5.43 Å². The Bertz CT molecular complexity index is 935. The number of rotatable bonds is 3. The Morgan fingerprint density at radius 2 is 1.85 bits per heavy atom. The molecule has 0 aliphatic carbocycles. The van der Waals surface area contributed by atoms with Crippen molar-refractivity contribution in [2.45, 2.75) is 6.92 Å². The van der Waals surface area contributed by atoms with E-state index >= 15 is 0 Å². The van der Waals surface area contributed by atoms with Gasteiger partial charge < -0.3 is 4.74 Å². The Morgan fingerprint density at radius 1 is 1.15 bits per heavy atom. The Kier molecular flexibility index (Phi) is 5.43. The molecule has 132 valence electrons. The van der Waals surface area contributed by atoms with Crippen LogP contribution in [0.15, 0.2) is 63.6 Å². The topological polar surface area (TPSA) is 75.4 Å². The number of nitrogens with one attached hydrogen (secondary N) is 1. The first-order valence-electron chi connectivity index (χ1n) is 7.95. The molecule has 1 heterocycles. The number of para-hydroxylation sites is 1. The number of nitrogens with zero attached hydrogens (tertiary/aromatic N) is 3. The number of methoxy groups -OCH3 is 1. The molecule has 26 heavy (non-hydrogen) atoms. The van der Waals surface area contributed by atoms with Gasteiger partial charge in [-0.05, 0) is 19.1 Å². The van der Waals surface area contributed by atoms with Gasteiger partial charge in [-0.2, -0.15) is 5.10 Å². The summed E-state index contributed by atoms with van der Waals surface area (Å²) in [6.45, 7) is 1.83. The Balaban J connectivity index is 1.98. The van der Waals surface area contributed by atoms with Gasteiger partial charge in [-0.25, -0.2) is 9.79 Å². The van der Waals surface area contributed by atoms with Gasteiger partial charge in [0.15, 0.2) is 0 Å². The molecular formula is C19H17ClN4O2.